The molecule has 1 aromatic carbocycles. The smallest absolute Gasteiger partial charge is 0.0312 e. The number of hydrogen-bond donors (Lipinski definition) is 1. The number of hydrogen-bond acceptors (Lipinski definition) is 1. The summed E-state index contributed by atoms with van der Waals surface area (Å²) in [6, 6.07) is 4.44. The fourth-order valence-corrected chi connectivity index (χ4v) is 3.32. The van der Waals surface area contributed by atoms with Gasteiger partial charge in [-0.2, -0.15) is 0 Å². The molecule has 0 unspecified atom stereocenters. The first-order chi connectivity index (χ1) is 5.68. The molecule has 0 spiro atoms. The highest BCUT2D eigenvalue weighted by Crippen LogP contribution is 2.37. The zero-order valence-corrected chi connectivity index (χ0v) is 9.65. The maximum absolute atomic E-state index is 5.95. The zero-order valence-electron chi connectivity index (χ0n) is 6.48. The van der Waals surface area contributed by atoms with Crippen LogP contribution in [0.3, 0.4) is 0 Å². The fraction of sp³-hybridized carbons (Fsp3) is 0.333. The van der Waals surface area contributed by atoms with E-state index in [2.05, 4.69) is 44.0 Å². The first-order valence-corrected chi connectivity index (χ1v) is 5.50. The van der Waals surface area contributed by atoms with Crippen LogP contribution >= 0.6 is 31.9 Å². The normalized spacial score (nSPS) is 21.1. The van der Waals surface area contributed by atoms with Crippen LogP contribution in [0.15, 0.2) is 21.1 Å². The molecule has 0 bridgehead atoms. The molecule has 1 aromatic rings. The molecule has 12 heavy (non-hydrogen) atoms. The third-order valence-electron chi connectivity index (χ3n) is 2.28. The summed E-state index contributed by atoms with van der Waals surface area (Å²) in [5.74, 6) is 0. The predicted octanol–water partition coefficient (Wildman–Crippen LogP) is 3.16. The molecule has 3 heteroatoms. The van der Waals surface area contributed by atoms with Crippen molar-refractivity contribution >= 4 is 31.9 Å². The van der Waals surface area contributed by atoms with Crippen LogP contribution in [0.4, 0.5) is 0 Å². The third-order valence-corrected chi connectivity index (χ3v) is 3.39. The van der Waals surface area contributed by atoms with E-state index in [9.17, 15) is 0 Å². The van der Waals surface area contributed by atoms with Gasteiger partial charge in [-0.05, 0) is 36.1 Å². The van der Waals surface area contributed by atoms with Crippen LogP contribution in [0.2, 0.25) is 0 Å². The van der Waals surface area contributed by atoms with E-state index in [1.54, 1.807) is 0 Å². The Balaban J connectivity index is 2.60. The van der Waals surface area contributed by atoms with Crippen molar-refractivity contribution in [3.63, 3.8) is 0 Å². The summed E-state index contributed by atoms with van der Waals surface area (Å²) in [4.78, 5) is 0. The molecule has 64 valence electrons. The lowest BCUT2D eigenvalue weighted by Gasteiger charge is -2.07. The first kappa shape index (κ1) is 8.73. The molecule has 2 rings (SSSR count). The van der Waals surface area contributed by atoms with Gasteiger partial charge in [0.05, 0.1) is 0 Å². The SMILES string of the molecule is N[C@H]1CCc2cc(Br)cc(Br)c21. The second kappa shape index (κ2) is 3.13. The molecular weight excluding hydrogens is 282 g/mol. The Kier molecular flexibility index (Phi) is 2.27. The molecule has 1 aliphatic rings. The van der Waals surface area contributed by atoms with Crippen LogP contribution in [0.5, 0.6) is 0 Å². The quantitative estimate of drug-likeness (QED) is 0.780. The summed E-state index contributed by atoms with van der Waals surface area (Å²) >= 11 is 6.99. The Hall–Kier alpha value is 0.140. The molecule has 0 amide bonds. The molecule has 0 aliphatic heterocycles. The van der Waals surface area contributed by atoms with Gasteiger partial charge in [0.15, 0.2) is 0 Å². The summed E-state index contributed by atoms with van der Waals surface area (Å²) < 4.78 is 2.26. The molecule has 2 N–H and O–H groups in total. The van der Waals surface area contributed by atoms with Crippen molar-refractivity contribution in [2.75, 3.05) is 0 Å². The minimum absolute atomic E-state index is 0.225. The Bertz CT molecular complexity index is 323. The molecule has 0 saturated carbocycles. The number of halogens is 2. The highest BCUT2D eigenvalue weighted by molar-refractivity contribution is 9.11. The number of benzene rings is 1. The van der Waals surface area contributed by atoms with Crippen LogP contribution in [0, 0.1) is 0 Å². The minimum atomic E-state index is 0.225. The summed E-state index contributed by atoms with van der Waals surface area (Å²) in [5.41, 5.74) is 8.62. The standard InChI is InChI=1S/C9H9Br2N/c10-6-3-5-1-2-8(12)9(5)7(11)4-6/h3-4,8H,1-2,12H2/t8-/m0/s1. The van der Waals surface area contributed by atoms with Crippen LogP contribution in [0.1, 0.15) is 23.6 Å². The van der Waals surface area contributed by atoms with Crippen LogP contribution in [0.25, 0.3) is 0 Å². The van der Waals surface area contributed by atoms with Gasteiger partial charge in [-0.15, -0.1) is 0 Å². The predicted molar refractivity (Wildman–Crippen MR) is 57.1 cm³/mol. The monoisotopic (exact) mass is 289 g/mol. The molecule has 1 atom stereocenters. The highest BCUT2D eigenvalue weighted by Gasteiger charge is 2.21. The maximum Gasteiger partial charge on any atom is 0.0312 e. The van der Waals surface area contributed by atoms with E-state index >= 15 is 0 Å². The van der Waals surface area contributed by atoms with Crippen LogP contribution in [-0.2, 0) is 6.42 Å². The van der Waals surface area contributed by atoms with Gasteiger partial charge in [-0.3, -0.25) is 0 Å². The molecular formula is C9H9Br2N. The average molecular weight is 291 g/mol. The number of rotatable bonds is 0. The van der Waals surface area contributed by atoms with Gasteiger partial charge in [0.25, 0.3) is 0 Å². The van der Waals surface area contributed by atoms with Gasteiger partial charge in [0.2, 0.25) is 0 Å². The van der Waals surface area contributed by atoms with E-state index in [4.69, 9.17) is 5.73 Å². The van der Waals surface area contributed by atoms with Crippen molar-refractivity contribution in [1.82, 2.24) is 0 Å². The van der Waals surface area contributed by atoms with Gasteiger partial charge < -0.3 is 5.73 Å². The van der Waals surface area contributed by atoms with Gasteiger partial charge >= 0.3 is 0 Å². The largest absolute Gasteiger partial charge is 0.324 e. The van der Waals surface area contributed by atoms with Crippen molar-refractivity contribution in [2.24, 2.45) is 5.73 Å². The molecule has 0 saturated heterocycles. The van der Waals surface area contributed by atoms with Gasteiger partial charge in [-0.1, -0.05) is 31.9 Å². The lowest BCUT2D eigenvalue weighted by molar-refractivity contribution is 0.711. The minimum Gasteiger partial charge on any atom is -0.324 e. The van der Waals surface area contributed by atoms with Crippen molar-refractivity contribution in [3.8, 4) is 0 Å². The topological polar surface area (TPSA) is 26.0 Å². The fourth-order valence-electron chi connectivity index (χ4n) is 1.72. The molecule has 0 radical (unpaired) electrons. The van der Waals surface area contributed by atoms with E-state index in [-0.39, 0.29) is 6.04 Å². The summed E-state index contributed by atoms with van der Waals surface area (Å²) in [6.45, 7) is 0. The lowest BCUT2D eigenvalue weighted by atomic mass is 10.1. The Morgan fingerprint density at radius 2 is 2.08 bits per heavy atom. The second-order valence-corrected chi connectivity index (χ2v) is 4.88. The molecule has 0 aromatic heterocycles. The third kappa shape index (κ3) is 1.34. The Morgan fingerprint density at radius 1 is 1.33 bits per heavy atom. The molecule has 1 nitrogen and oxygen atoms in total. The molecule has 0 fully saturated rings. The van der Waals surface area contributed by atoms with Gasteiger partial charge in [0, 0.05) is 15.0 Å². The van der Waals surface area contributed by atoms with E-state index in [1.165, 1.54) is 11.1 Å². The maximum atomic E-state index is 5.95. The molecule has 1 aliphatic carbocycles. The van der Waals surface area contributed by atoms with E-state index < -0.39 is 0 Å². The van der Waals surface area contributed by atoms with E-state index in [1.807, 2.05) is 0 Å². The number of aryl methyl sites for hydroxylation is 1. The van der Waals surface area contributed by atoms with Crippen molar-refractivity contribution in [2.45, 2.75) is 18.9 Å². The van der Waals surface area contributed by atoms with Gasteiger partial charge in [0.1, 0.15) is 0 Å². The van der Waals surface area contributed by atoms with Crippen LogP contribution < -0.4 is 5.73 Å². The summed E-state index contributed by atoms with van der Waals surface area (Å²) in [7, 11) is 0. The van der Waals surface area contributed by atoms with Gasteiger partial charge in [-0.25, -0.2) is 0 Å². The summed E-state index contributed by atoms with van der Waals surface area (Å²) in [6.07, 6.45) is 2.18. The number of fused-ring (bicyclic) bond motifs is 1. The lowest BCUT2D eigenvalue weighted by Crippen LogP contribution is -2.05. The second-order valence-electron chi connectivity index (χ2n) is 3.11. The number of nitrogens with two attached hydrogens (primary N) is 1. The van der Waals surface area contributed by atoms with E-state index in [0.29, 0.717) is 0 Å². The first-order valence-electron chi connectivity index (χ1n) is 3.92. The Morgan fingerprint density at radius 3 is 2.83 bits per heavy atom. The van der Waals surface area contributed by atoms with Crippen molar-refractivity contribution in [1.29, 1.82) is 0 Å². The van der Waals surface area contributed by atoms with Crippen LogP contribution in [-0.4, -0.2) is 0 Å². The summed E-state index contributed by atoms with van der Waals surface area (Å²) in [5, 5.41) is 0. The average Bonchev–Trinajstić information content (AvgIpc) is 2.31. The molecule has 0 heterocycles. The Labute approximate surface area is 88.6 Å². The van der Waals surface area contributed by atoms with Crippen molar-refractivity contribution < 1.29 is 0 Å². The van der Waals surface area contributed by atoms with Crippen molar-refractivity contribution in [3.05, 3.63) is 32.2 Å². The highest BCUT2D eigenvalue weighted by atomic mass is 79.9. The van der Waals surface area contributed by atoms with E-state index in [0.717, 1.165) is 21.8 Å². The zero-order chi connectivity index (χ0) is 8.72.